The minimum atomic E-state index is 0.367. The van der Waals surface area contributed by atoms with E-state index in [1.807, 2.05) is 24.7 Å². The monoisotopic (exact) mass is 349 g/mol. The van der Waals surface area contributed by atoms with E-state index in [0.717, 1.165) is 22.3 Å². The second-order valence-corrected chi connectivity index (χ2v) is 6.41. The van der Waals surface area contributed by atoms with E-state index in [1.54, 1.807) is 7.11 Å². The molecule has 1 N–H and O–H groups in total. The predicted molar refractivity (Wildman–Crippen MR) is 87.0 cm³/mol. The highest BCUT2D eigenvalue weighted by Gasteiger charge is 2.22. The molecule has 2 heterocycles. The number of methoxy groups -OCH3 is 1. The zero-order chi connectivity index (χ0) is 14.8. The Kier molecular flexibility index (Phi) is 4.31. The number of hydrogen-bond donors (Lipinski definition) is 1. The lowest BCUT2D eigenvalue weighted by Crippen LogP contribution is -2.35. The van der Waals surface area contributed by atoms with Crippen molar-refractivity contribution in [3.63, 3.8) is 0 Å². The Labute approximate surface area is 133 Å². The van der Waals surface area contributed by atoms with Crippen LogP contribution in [0.3, 0.4) is 0 Å². The Morgan fingerprint density at radius 3 is 3.00 bits per heavy atom. The molecule has 0 spiro atoms. The number of hydrogen-bond acceptors (Lipinski definition) is 3. The summed E-state index contributed by atoms with van der Waals surface area (Å²) in [5.74, 6) is 0.831. The lowest BCUT2D eigenvalue weighted by Gasteiger charge is -2.29. The van der Waals surface area contributed by atoms with Gasteiger partial charge < -0.3 is 14.6 Å². The smallest absolute Gasteiger partial charge is 0.135 e. The summed E-state index contributed by atoms with van der Waals surface area (Å²) in [6, 6.07) is 7.04. The third-order valence-corrected chi connectivity index (χ3v) is 4.71. The van der Waals surface area contributed by atoms with Gasteiger partial charge in [-0.3, -0.25) is 0 Å². The van der Waals surface area contributed by atoms with Crippen LogP contribution in [-0.4, -0.2) is 22.7 Å². The van der Waals surface area contributed by atoms with E-state index < -0.39 is 0 Å². The Morgan fingerprint density at radius 1 is 1.38 bits per heavy atom. The summed E-state index contributed by atoms with van der Waals surface area (Å²) in [4.78, 5) is 4.35. The fourth-order valence-corrected chi connectivity index (χ4v) is 3.36. The molecule has 1 aromatic heterocycles. The van der Waals surface area contributed by atoms with E-state index in [9.17, 15) is 0 Å². The summed E-state index contributed by atoms with van der Waals surface area (Å²) in [5.41, 5.74) is 2.29. The number of nitrogens with one attached hydrogen (secondary N) is 1. The van der Waals surface area contributed by atoms with Gasteiger partial charge in [0.05, 0.1) is 35.5 Å². The van der Waals surface area contributed by atoms with Crippen LogP contribution in [0.25, 0.3) is 5.69 Å². The van der Waals surface area contributed by atoms with Crippen LogP contribution in [0, 0.1) is 0 Å². The lowest BCUT2D eigenvalue weighted by atomic mass is 9.97. The summed E-state index contributed by atoms with van der Waals surface area (Å²) in [6.07, 6.45) is 7.50. The number of nitrogens with zero attached hydrogens (tertiary/aromatic N) is 2. The van der Waals surface area contributed by atoms with Gasteiger partial charge in [0.2, 0.25) is 0 Å². The molecule has 0 bridgehead atoms. The predicted octanol–water partition coefficient (Wildman–Crippen LogP) is 3.85. The summed E-state index contributed by atoms with van der Waals surface area (Å²) < 4.78 is 8.49. The molecule has 21 heavy (non-hydrogen) atoms. The van der Waals surface area contributed by atoms with Crippen molar-refractivity contribution in [1.82, 2.24) is 14.9 Å². The Balaban J connectivity index is 1.95. The summed E-state index contributed by atoms with van der Waals surface area (Å²) in [6.45, 7) is 2.25. The molecule has 1 fully saturated rings. The van der Waals surface area contributed by atoms with Crippen molar-refractivity contribution in [1.29, 1.82) is 0 Å². The Hall–Kier alpha value is -1.33. The lowest BCUT2D eigenvalue weighted by molar-refractivity contribution is 0.334. The first-order chi connectivity index (χ1) is 10.2. The van der Waals surface area contributed by atoms with Crippen LogP contribution < -0.4 is 10.1 Å². The first-order valence-corrected chi connectivity index (χ1v) is 8.10. The zero-order valence-corrected chi connectivity index (χ0v) is 13.9. The van der Waals surface area contributed by atoms with Crippen molar-refractivity contribution in [3.8, 4) is 11.4 Å². The van der Waals surface area contributed by atoms with Crippen molar-refractivity contribution >= 4 is 15.9 Å². The summed E-state index contributed by atoms with van der Waals surface area (Å²) in [7, 11) is 1.68. The van der Waals surface area contributed by atoms with Gasteiger partial charge in [0, 0.05) is 18.2 Å². The Bertz CT molecular complexity index is 626. The molecule has 0 radical (unpaired) electrons. The fraction of sp³-hybridized carbons (Fsp3) is 0.438. The summed E-state index contributed by atoms with van der Waals surface area (Å²) >= 11 is 3.49. The molecular weight excluding hydrogens is 330 g/mol. The average molecular weight is 350 g/mol. The van der Waals surface area contributed by atoms with Crippen molar-refractivity contribution in [2.45, 2.75) is 38.3 Å². The van der Waals surface area contributed by atoms with Gasteiger partial charge in [-0.05, 0) is 54.2 Å². The van der Waals surface area contributed by atoms with Gasteiger partial charge in [-0.2, -0.15) is 0 Å². The fourth-order valence-electron chi connectivity index (χ4n) is 2.95. The van der Waals surface area contributed by atoms with Crippen LogP contribution in [0.1, 0.15) is 37.9 Å². The highest BCUT2D eigenvalue weighted by molar-refractivity contribution is 9.10. The van der Waals surface area contributed by atoms with Crippen LogP contribution >= 0.6 is 15.9 Å². The first-order valence-electron chi connectivity index (χ1n) is 7.31. The van der Waals surface area contributed by atoms with E-state index >= 15 is 0 Å². The maximum absolute atomic E-state index is 5.39. The third kappa shape index (κ3) is 2.99. The molecule has 0 saturated carbocycles. The summed E-state index contributed by atoms with van der Waals surface area (Å²) in [5, 5.41) is 3.67. The normalized spacial score (nSPS) is 22.2. The van der Waals surface area contributed by atoms with Gasteiger partial charge in [-0.25, -0.2) is 4.98 Å². The standard InChI is InChI=1S/C16H20BrN3O/c1-11-4-3-5-14(19-11)15-9-18-10-20(15)12-6-7-13(17)16(8-12)21-2/h6-11,14,19H,3-5H2,1-2H3. The largest absolute Gasteiger partial charge is 0.495 e. The molecular formula is C16H20BrN3O. The number of imidazole rings is 1. The van der Waals surface area contributed by atoms with Crippen molar-refractivity contribution in [2.75, 3.05) is 7.11 Å². The maximum atomic E-state index is 5.39. The number of piperidine rings is 1. The number of ether oxygens (including phenoxy) is 1. The van der Waals surface area contributed by atoms with Gasteiger partial charge in [-0.15, -0.1) is 0 Å². The van der Waals surface area contributed by atoms with Gasteiger partial charge in [0.1, 0.15) is 5.75 Å². The number of benzene rings is 1. The van der Waals surface area contributed by atoms with Crippen molar-refractivity contribution in [3.05, 3.63) is 40.9 Å². The van der Waals surface area contributed by atoms with Crippen LogP contribution in [0.2, 0.25) is 0 Å². The molecule has 2 aromatic rings. The maximum Gasteiger partial charge on any atom is 0.135 e. The van der Waals surface area contributed by atoms with Crippen molar-refractivity contribution in [2.24, 2.45) is 0 Å². The number of rotatable bonds is 3. The molecule has 0 amide bonds. The molecule has 1 aliphatic heterocycles. The Morgan fingerprint density at radius 2 is 2.24 bits per heavy atom. The van der Waals surface area contributed by atoms with Crippen LogP contribution in [0.4, 0.5) is 0 Å². The molecule has 1 aliphatic rings. The number of aromatic nitrogens is 2. The van der Waals surface area contributed by atoms with Crippen LogP contribution in [-0.2, 0) is 0 Å². The van der Waals surface area contributed by atoms with E-state index in [2.05, 4.69) is 43.8 Å². The topological polar surface area (TPSA) is 39.1 Å². The third-order valence-electron chi connectivity index (χ3n) is 4.05. The van der Waals surface area contributed by atoms with Gasteiger partial charge in [-0.1, -0.05) is 0 Å². The molecule has 1 saturated heterocycles. The van der Waals surface area contributed by atoms with E-state index in [0.29, 0.717) is 12.1 Å². The molecule has 2 atom stereocenters. The first kappa shape index (κ1) is 14.6. The van der Waals surface area contributed by atoms with Crippen molar-refractivity contribution < 1.29 is 4.74 Å². The molecule has 112 valence electrons. The minimum Gasteiger partial charge on any atom is -0.495 e. The van der Waals surface area contributed by atoms with E-state index in [4.69, 9.17) is 4.74 Å². The van der Waals surface area contributed by atoms with Gasteiger partial charge in [0.25, 0.3) is 0 Å². The van der Waals surface area contributed by atoms with Gasteiger partial charge in [0.15, 0.2) is 0 Å². The van der Waals surface area contributed by atoms with E-state index in [-0.39, 0.29) is 0 Å². The molecule has 2 unspecified atom stereocenters. The quantitative estimate of drug-likeness (QED) is 0.914. The second-order valence-electron chi connectivity index (χ2n) is 5.56. The van der Waals surface area contributed by atoms with E-state index in [1.165, 1.54) is 18.5 Å². The second kappa shape index (κ2) is 6.20. The highest BCUT2D eigenvalue weighted by atomic mass is 79.9. The van der Waals surface area contributed by atoms with Gasteiger partial charge >= 0.3 is 0 Å². The molecule has 1 aromatic carbocycles. The number of halogens is 1. The average Bonchev–Trinajstić information content (AvgIpc) is 2.97. The molecule has 5 heteroatoms. The molecule has 4 nitrogen and oxygen atoms in total. The molecule has 3 rings (SSSR count). The highest BCUT2D eigenvalue weighted by Crippen LogP contribution is 2.30. The SMILES string of the molecule is COc1cc(-n2cncc2C2CCCC(C)N2)ccc1Br. The van der Waals surface area contributed by atoms with Crippen LogP contribution in [0.5, 0.6) is 5.75 Å². The molecule has 0 aliphatic carbocycles. The minimum absolute atomic E-state index is 0.367. The van der Waals surface area contributed by atoms with Crippen LogP contribution in [0.15, 0.2) is 35.2 Å². The zero-order valence-electron chi connectivity index (χ0n) is 12.3.